The number of hydrogen-bond acceptors (Lipinski definition) is 6. The van der Waals surface area contributed by atoms with Crippen LogP contribution in [0.15, 0.2) is 0 Å². The fourth-order valence-electron chi connectivity index (χ4n) is 1.43. The van der Waals surface area contributed by atoms with Crippen molar-refractivity contribution in [1.82, 2.24) is 16.4 Å². The Labute approximate surface area is 112 Å². The summed E-state index contributed by atoms with van der Waals surface area (Å²) in [6.07, 6.45) is 1.74. The van der Waals surface area contributed by atoms with Gasteiger partial charge in [-0.2, -0.15) is 5.53 Å². The molecule has 0 spiro atoms. The lowest BCUT2D eigenvalue weighted by Gasteiger charge is -2.16. The molecule has 0 radical (unpaired) electrons. The zero-order chi connectivity index (χ0) is 14.7. The van der Waals surface area contributed by atoms with E-state index in [0.29, 0.717) is 12.5 Å². The van der Waals surface area contributed by atoms with Gasteiger partial charge in [0.05, 0.1) is 0 Å². The van der Waals surface area contributed by atoms with Gasteiger partial charge in [0.25, 0.3) is 0 Å². The van der Waals surface area contributed by atoms with E-state index in [1.165, 1.54) is 0 Å². The molecule has 8 heteroatoms. The second-order valence-corrected chi connectivity index (χ2v) is 4.50. The van der Waals surface area contributed by atoms with E-state index in [0.717, 1.165) is 12.8 Å². The molecule has 0 aromatic rings. The highest BCUT2D eigenvalue weighted by Crippen LogP contribution is 2.04. The fraction of sp³-hybridized carbons (Fsp3) is 0.818. The van der Waals surface area contributed by atoms with E-state index in [1.807, 2.05) is 6.92 Å². The van der Waals surface area contributed by atoms with Crippen molar-refractivity contribution in [3.63, 3.8) is 0 Å². The second kappa shape index (κ2) is 10.7. The molecule has 0 saturated heterocycles. The third-order valence-corrected chi connectivity index (χ3v) is 2.70. The Hall–Kier alpha value is -1.22. The Kier molecular flexibility index (Phi) is 9.99. The molecule has 1 unspecified atom stereocenters. The molecular weight excluding hydrogens is 252 g/mol. The third kappa shape index (κ3) is 10.4. The van der Waals surface area contributed by atoms with Gasteiger partial charge in [-0.05, 0) is 25.2 Å². The second-order valence-electron chi connectivity index (χ2n) is 4.50. The van der Waals surface area contributed by atoms with Crippen LogP contribution in [0.25, 0.3) is 0 Å². The molecule has 19 heavy (non-hydrogen) atoms. The quantitative estimate of drug-likeness (QED) is 0.193. The van der Waals surface area contributed by atoms with Crippen molar-refractivity contribution in [3.05, 3.63) is 0 Å². The zero-order valence-electron chi connectivity index (χ0n) is 11.2. The van der Waals surface area contributed by atoms with Crippen LogP contribution in [0.1, 0.15) is 32.6 Å². The van der Waals surface area contributed by atoms with Crippen LogP contribution in [0.4, 0.5) is 0 Å². The van der Waals surface area contributed by atoms with Gasteiger partial charge in [0.15, 0.2) is 0 Å². The lowest BCUT2D eigenvalue weighted by atomic mass is 10.1. The Bertz CT molecular complexity index is 275. The molecule has 1 amide bonds. The molecule has 0 aliphatic heterocycles. The highest BCUT2D eigenvalue weighted by molar-refractivity contribution is 5.77. The number of hydrazine groups is 2. The maximum absolute atomic E-state index is 10.9. The van der Waals surface area contributed by atoms with Crippen molar-refractivity contribution in [3.8, 4) is 0 Å². The number of aliphatic hydroxyl groups is 1. The molecule has 0 aliphatic rings. The van der Waals surface area contributed by atoms with E-state index in [4.69, 9.17) is 15.9 Å². The normalized spacial score (nSPS) is 14.0. The van der Waals surface area contributed by atoms with Crippen molar-refractivity contribution in [2.75, 3.05) is 13.2 Å². The number of rotatable bonds is 12. The molecule has 8 nitrogen and oxygen atoms in total. The van der Waals surface area contributed by atoms with Gasteiger partial charge >= 0.3 is 5.97 Å². The van der Waals surface area contributed by atoms with E-state index in [2.05, 4.69) is 16.4 Å². The van der Waals surface area contributed by atoms with E-state index in [9.17, 15) is 9.59 Å². The van der Waals surface area contributed by atoms with Crippen LogP contribution < -0.4 is 22.1 Å². The van der Waals surface area contributed by atoms with Crippen molar-refractivity contribution in [2.45, 2.75) is 38.6 Å². The minimum absolute atomic E-state index is 0.0131. The lowest BCUT2D eigenvalue weighted by Crippen LogP contribution is -2.52. The van der Waals surface area contributed by atoms with Gasteiger partial charge < -0.3 is 15.9 Å². The van der Waals surface area contributed by atoms with Gasteiger partial charge in [-0.25, -0.2) is 10.9 Å². The average Bonchev–Trinajstić information content (AvgIpc) is 2.32. The largest absolute Gasteiger partial charge is 0.480 e. The number of amides is 1. The Morgan fingerprint density at radius 1 is 1.26 bits per heavy atom. The number of aliphatic carboxylic acids is 1. The summed E-state index contributed by atoms with van der Waals surface area (Å²) in [4.78, 5) is 21.4. The summed E-state index contributed by atoms with van der Waals surface area (Å²) in [5.41, 5.74) is 12.9. The first-order valence-corrected chi connectivity index (χ1v) is 6.32. The maximum atomic E-state index is 10.9. The van der Waals surface area contributed by atoms with E-state index in [1.54, 1.807) is 0 Å². The summed E-state index contributed by atoms with van der Waals surface area (Å²) < 4.78 is 0. The molecule has 7 N–H and O–H groups in total. The number of carboxylic acids is 1. The number of carboxylic acid groups (broad SMARTS) is 1. The van der Waals surface area contributed by atoms with E-state index in [-0.39, 0.29) is 19.4 Å². The molecule has 0 heterocycles. The summed E-state index contributed by atoms with van der Waals surface area (Å²) in [7, 11) is 0. The lowest BCUT2D eigenvalue weighted by molar-refractivity contribution is -0.140. The number of carbonyl (C=O) groups excluding carboxylic acids is 1. The standard InChI is InChI=1S/C11H24N4O4/c1-8(5-7-16)4-6-13-15-14-9(11(18)19)2-3-10(12)17/h8-9,13-16H,2-7H2,1H3,(H2,12,17)(H,18,19)/t8?,9-/m0/s1. The molecule has 0 rings (SSSR count). The van der Waals surface area contributed by atoms with Crippen LogP contribution in [0.5, 0.6) is 0 Å². The fourth-order valence-corrected chi connectivity index (χ4v) is 1.43. The number of hydrogen-bond donors (Lipinski definition) is 6. The monoisotopic (exact) mass is 276 g/mol. The Morgan fingerprint density at radius 2 is 1.95 bits per heavy atom. The molecule has 0 aromatic heterocycles. The first-order chi connectivity index (χ1) is 8.97. The van der Waals surface area contributed by atoms with Gasteiger partial charge in [0, 0.05) is 19.6 Å². The Balaban J connectivity index is 3.69. The van der Waals surface area contributed by atoms with Gasteiger partial charge in [-0.1, -0.05) is 6.92 Å². The maximum Gasteiger partial charge on any atom is 0.322 e. The van der Waals surface area contributed by atoms with Crippen LogP contribution in [0.3, 0.4) is 0 Å². The average molecular weight is 276 g/mol. The number of carbonyl (C=O) groups is 2. The number of primary amides is 1. The summed E-state index contributed by atoms with van der Waals surface area (Å²) >= 11 is 0. The SMILES string of the molecule is CC(CCO)CCNNN[C@@H](CCC(N)=O)C(=O)O. The predicted molar refractivity (Wildman–Crippen MR) is 69.6 cm³/mol. The molecule has 112 valence electrons. The van der Waals surface area contributed by atoms with Crippen molar-refractivity contribution < 1.29 is 19.8 Å². The minimum Gasteiger partial charge on any atom is -0.480 e. The van der Waals surface area contributed by atoms with E-state index >= 15 is 0 Å². The molecule has 0 aliphatic carbocycles. The van der Waals surface area contributed by atoms with Gasteiger partial charge in [0.1, 0.15) is 6.04 Å². The van der Waals surface area contributed by atoms with Crippen molar-refractivity contribution in [1.29, 1.82) is 0 Å². The number of nitrogens with one attached hydrogen (secondary N) is 3. The van der Waals surface area contributed by atoms with Crippen molar-refractivity contribution >= 4 is 11.9 Å². The molecule has 0 aromatic carbocycles. The van der Waals surface area contributed by atoms with Crippen LogP contribution in [-0.2, 0) is 9.59 Å². The molecule has 0 fully saturated rings. The third-order valence-electron chi connectivity index (χ3n) is 2.70. The van der Waals surface area contributed by atoms with Crippen LogP contribution >= 0.6 is 0 Å². The highest BCUT2D eigenvalue weighted by Gasteiger charge is 2.17. The first-order valence-electron chi connectivity index (χ1n) is 6.32. The van der Waals surface area contributed by atoms with E-state index < -0.39 is 17.9 Å². The van der Waals surface area contributed by atoms with Crippen LogP contribution in [0, 0.1) is 5.92 Å². The number of aliphatic hydroxyl groups excluding tert-OH is 1. The topological polar surface area (TPSA) is 137 Å². The molecule has 0 bridgehead atoms. The Morgan fingerprint density at radius 3 is 2.47 bits per heavy atom. The minimum atomic E-state index is -1.05. The van der Waals surface area contributed by atoms with Gasteiger partial charge in [0.2, 0.25) is 5.91 Å². The highest BCUT2D eigenvalue weighted by atomic mass is 16.4. The number of nitrogens with two attached hydrogens (primary N) is 1. The summed E-state index contributed by atoms with van der Waals surface area (Å²) in [6.45, 7) is 2.83. The van der Waals surface area contributed by atoms with Crippen LogP contribution in [0.2, 0.25) is 0 Å². The van der Waals surface area contributed by atoms with Crippen molar-refractivity contribution in [2.24, 2.45) is 11.7 Å². The molecular formula is C11H24N4O4. The summed E-state index contributed by atoms with van der Waals surface area (Å²) in [5, 5.41) is 17.6. The molecule has 2 atom stereocenters. The van der Waals surface area contributed by atoms with Gasteiger partial charge in [-0.3, -0.25) is 9.59 Å². The summed E-state index contributed by atoms with van der Waals surface area (Å²) in [6, 6.07) is -0.880. The molecule has 0 saturated carbocycles. The first kappa shape index (κ1) is 17.8. The summed E-state index contributed by atoms with van der Waals surface area (Å²) in [5.74, 6) is -1.19. The predicted octanol–water partition coefficient (Wildman–Crippen LogP) is -1.29. The van der Waals surface area contributed by atoms with Gasteiger partial charge in [-0.15, -0.1) is 0 Å². The van der Waals surface area contributed by atoms with Crippen LogP contribution in [-0.4, -0.2) is 41.3 Å². The zero-order valence-corrected chi connectivity index (χ0v) is 11.2. The smallest absolute Gasteiger partial charge is 0.322 e.